The lowest BCUT2D eigenvalue weighted by molar-refractivity contribution is -0.398. The van der Waals surface area contributed by atoms with Gasteiger partial charge in [0.2, 0.25) is 0 Å². The predicted octanol–water partition coefficient (Wildman–Crippen LogP) is 7.97. The Morgan fingerprint density at radius 3 is 1.94 bits per heavy atom. The molecular weight excluding hydrogens is 485 g/mol. The van der Waals surface area contributed by atoms with Crippen molar-refractivity contribution >= 4 is 5.71 Å². The number of hydrogen-bond acceptors (Lipinski definition) is 1. The van der Waals surface area contributed by atoms with Gasteiger partial charge in [0.1, 0.15) is 0 Å². The third-order valence-corrected chi connectivity index (χ3v) is 7.42. The van der Waals surface area contributed by atoms with Gasteiger partial charge in [-0.15, -0.1) is 0 Å². The van der Waals surface area contributed by atoms with Gasteiger partial charge in [-0.2, -0.15) is 39.5 Å². The fraction of sp³-hybridized carbons (Fsp3) is 0.480. The minimum Gasteiger partial charge on any atom is -0.276 e. The van der Waals surface area contributed by atoms with E-state index in [1.54, 1.807) is 61.5 Å². The fourth-order valence-corrected chi connectivity index (χ4v) is 5.44. The highest BCUT2D eigenvalue weighted by atomic mass is 19.4. The van der Waals surface area contributed by atoms with Gasteiger partial charge >= 0.3 is 23.9 Å². The molecular formula is C25H22F9N. The van der Waals surface area contributed by atoms with E-state index in [4.69, 9.17) is 0 Å². The van der Waals surface area contributed by atoms with E-state index in [1.807, 2.05) is 0 Å². The normalized spacial score (nSPS) is 25.5. The van der Waals surface area contributed by atoms with Crippen LogP contribution >= 0.6 is 0 Å². The summed E-state index contributed by atoms with van der Waals surface area (Å²) in [4.78, 5) is 4.54. The first-order chi connectivity index (χ1) is 16.1. The van der Waals surface area contributed by atoms with Gasteiger partial charge in [-0.3, -0.25) is 4.99 Å². The van der Waals surface area contributed by atoms with Crippen LogP contribution in [0.1, 0.15) is 55.7 Å². The minimum atomic E-state index is -6.93. The summed E-state index contributed by atoms with van der Waals surface area (Å²) < 4.78 is 124. The predicted molar refractivity (Wildman–Crippen MR) is 113 cm³/mol. The molecule has 1 aliphatic carbocycles. The largest absolute Gasteiger partial charge is 0.460 e. The molecule has 2 aromatic carbocycles. The molecule has 0 saturated heterocycles. The molecule has 1 saturated carbocycles. The Morgan fingerprint density at radius 1 is 0.743 bits per heavy atom. The van der Waals surface area contributed by atoms with Gasteiger partial charge in [0.15, 0.2) is 0 Å². The van der Waals surface area contributed by atoms with Gasteiger partial charge in [0, 0.05) is 23.0 Å². The summed E-state index contributed by atoms with van der Waals surface area (Å²) in [5.41, 5.74) is -1.51. The molecule has 190 valence electrons. The van der Waals surface area contributed by atoms with Gasteiger partial charge in [0.05, 0.1) is 11.3 Å². The zero-order valence-corrected chi connectivity index (χ0v) is 18.6. The lowest BCUT2D eigenvalue weighted by Gasteiger charge is -2.54. The van der Waals surface area contributed by atoms with Crippen LogP contribution in [-0.4, -0.2) is 35.2 Å². The maximum atomic E-state index is 15.1. The molecule has 2 atom stereocenters. The van der Waals surface area contributed by atoms with Gasteiger partial charge in [-0.05, 0) is 18.4 Å². The summed E-state index contributed by atoms with van der Waals surface area (Å²) in [5, 5.41) is 0. The molecule has 0 radical (unpaired) electrons. The summed E-state index contributed by atoms with van der Waals surface area (Å²) in [6.07, 6.45) is -7.95. The number of nitrogens with zero attached hydrogens (tertiary/aromatic N) is 1. The van der Waals surface area contributed by atoms with Crippen molar-refractivity contribution in [1.82, 2.24) is 0 Å². The average molecular weight is 507 g/mol. The van der Waals surface area contributed by atoms with Crippen LogP contribution in [-0.2, 0) is 5.41 Å². The molecule has 0 aromatic heterocycles. The van der Waals surface area contributed by atoms with E-state index in [0.717, 1.165) is 0 Å². The molecule has 10 heteroatoms. The Bertz CT molecular complexity index is 1120. The summed E-state index contributed by atoms with van der Waals surface area (Å²) in [6, 6.07) is 15.0. The number of benzene rings is 2. The fourth-order valence-electron chi connectivity index (χ4n) is 5.44. The van der Waals surface area contributed by atoms with E-state index in [-0.39, 0.29) is 25.0 Å². The Kier molecular flexibility index (Phi) is 5.84. The highest BCUT2D eigenvalue weighted by molar-refractivity contribution is 6.15. The third-order valence-electron chi connectivity index (χ3n) is 7.42. The molecule has 1 nitrogen and oxygen atoms in total. The Hall–Kier alpha value is -2.52. The van der Waals surface area contributed by atoms with Gasteiger partial charge in [0.25, 0.3) is 0 Å². The number of hydrogen-bond donors (Lipinski definition) is 0. The second kappa shape index (κ2) is 8.00. The topological polar surface area (TPSA) is 12.4 Å². The molecule has 1 fully saturated rings. The van der Waals surface area contributed by atoms with Gasteiger partial charge in [-0.25, -0.2) is 0 Å². The first kappa shape index (κ1) is 25.6. The second-order valence-electron chi connectivity index (χ2n) is 9.47. The van der Waals surface area contributed by atoms with Gasteiger partial charge < -0.3 is 0 Å². The van der Waals surface area contributed by atoms with Crippen LogP contribution in [0.2, 0.25) is 0 Å². The molecule has 35 heavy (non-hydrogen) atoms. The van der Waals surface area contributed by atoms with Crippen molar-refractivity contribution in [3.63, 3.8) is 0 Å². The number of rotatable bonds is 5. The Morgan fingerprint density at radius 2 is 1.31 bits per heavy atom. The standard InChI is InChI=1S/C25H22F9N/c1-20-13-7-8-14-21(20,15-22(26,27)23(28,29)24(30,31)25(32,33)34)35-19(16-9-3-2-4-10-16)17-11-5-6-12-18(17)20/h2-6,9-12H,7-8,13-15H2,1H3. The lowest BCUT2D eigenvalue weighted by Crippen LogP contribution is -2.65. The molecule has 0 spiro atoms. The van der Waals surface area contributed by atoms with E-state index in [0.29, 0.717) is 23.1 Å². The smallest absolute Gasteiger partial charge is 0.276 e. The third kappa shape index (κ3) is 3.66. The van der Waals surface area contributed by atoms with Crippen molar-refractivity contribution in [2.75, 3.05) is 0 Å². The van der Waals surface area contributed by atoms with E-state index in [9.17, 15) is 30.7 Å². The van der Waals surface area contributed by atoms with Crippen LogP contribution in [0.15, 0.2) is 59.6 Å². The molecule has 0 bridgehead atoms. The first-order valence-electron chi connectivity index (χ1n) is 11.1. The van der Waals surface area contributed by atoms with Crippen molar-refractivity contribution in [3.8, 4) is 0 Å². The van der Waals surface area contributed by atoms with Crippen LogP contribution in [0.4, 0.5) is 39.5 Å². The zero-order valence-electron chi connectivity index (χ0n) is 18.6. The van der Waals surface area contributed by atoms with E-state index in [1.165, 1.54) is 0 Å². The Labute approximate surface area is 196 Å². The number of alkyl halides is 9. The van der Waals surface area contributed by atoms with Crippen molar-refractivity contribution in [2.24, 2.45) is 4.99 Å². The second-order valence-corrected chi connectivity index (χ2v) is 9.47. The molecule has 4 rings (SSSR count). The molecule has 0 amide bonds. The first-order valence-corrected chi connectivity index (χ1v) is 11.1. The van der Waals surface area contributed by atoms with Crippen molar-refractivity contribution < 1.29 is 39.5 Å². The molecule has 1 heterocycles. The summed E-state index contributed by atoms with van der Waals surface area (Å²) >= 11 is 0. The zero-order chi connectivity index (χ0) is 25.9. The van der Waals surface area contributed by atoms with Crippen LogP contribution in [0, 0.1) is 0 Å². The quantitative estimate of drug-likeness (QED) is 0.364. The SMILES string of the molecule is CC12CCCCC1(CC(F)(F)C(F)(F)C(F)(F)C(F)(F)F)N=C(c1ccccc1)c1ccccc12. The monoisotopic (exact) mass is 507 g/mol. The van der Waals surface area contributed by atoms with E-state index in [2.05, 4.69) is 4.99 Å². The summed E-state index contributed by atoms with van der Waals surface area (Å²) in [6.45, 7) is 1.55. The van der Waals surface area contributed by atoms with Crippen LogP contribution in [0.3, 0.4) is 0 Å². The highest BCUT2D eigenvalue weighted by Crippen LogP contribution is 2.61. The van der Waals surface area contributed by atoms with Gasteiger partial charge in [-0.1, -0.05) is 74.4 Å². The minimum absolute atomic E-state index is 0.169. The number of halogens is 9. The maximum Gasteiger partial charge on any atom is 0.460 e. The van der Waals surface area contributed by atoms with Crippen LogP contribution < -0.4 is 0 Å². The molecule has 2 aromatic rings. The number of aliphatic imine (C=N–C) groups is 1. The van der Waals surface area contributed by atoms with Crippen molar-refractivity contribution in [1.29, 1.82) is 0 Å². The molecule has 2 unspecified atom stereocenters. The van der Waals surface area contributed by atoms with Crippen LogP contribution in [0.5, 0.6) is 0 Å². The molecule has 1 aliphatic heterocycles. The van der Waals surface area contributed by atoms with E-state index < -0.39 is 41.3 Å². The van der Waals surface area contributed by atoms with Crippen molar-refractivity contribution in [3.05, 3.63) is 71.3 Å². The molecule has 2 aliphatic rings. The highest BCUT2D eigenvalue weighted by Gasteiger charge is 2.82. The maximum absolute atomic E-state index is 15.1. The average Bonchev–Trinajstić information content (AvgIpc) is 2.78. The van der Waals surface area contributed by atoms with Crippen molar-refractivity contribution in [2.45, 2.75) is 73.9 Å². The lowest BCUT2D eigenvalue weighted by atomic mass is 9.54. The number of fused-ring (bicyclic) bond motifs is 3. The molecule has 0 N–H and O–H groups in total. The Balaban J connectivity index is 1.92. The van der Waals surface area contributed by atoms with E-state index >= 15 is 8.78 Å². The van der Waals surface area contributed by atoms with Crippen LogP contribution in [0.25, 0.3) is 0 Å². The summed E-state index contributed by atoms with van der Waals surface area (Å²) in [5.74, 6) is -19.3. The summed E-state index contributed by atoms with van der Waals surface area (Å²) in [7, 11) is 0.